The Kier molecular flexibility index (Phi) is 30.8. The quantitative estimate of drug-likeness (QED) is 0.0204. The number of phosphoric ester groups is 1. The van der Waals surface area contributed by atoms with Gasteiger partial charge in [0.25, 0.3) is 0 Å². The third-order valence-corrected chi connectivity index (χ3v) is 11.1. The number of esters is 2. The summed E-state index contributed by atoms with van der Waals surface area (Å²) in [6, 6.07) is 0. The molecular weight excluding hydrogens is 757 g/mol. The van der Waals surface area contributed by atoms with E-state index in [-0.39, 0.29) is 43.7 Å². The summed E-state index contributed by atoms with van der Waals surface area (Å²) in [5, 5.41) is 10.2. The van der Waals surface area contributed by atoms with Crippen LogP contribution in [0.2, 0.25) is 0 Å². The summed E-state index contributed by atoms with van der Waals surface area (Å²) in [6.45, 7) is 4.06. The number of nitrogens with zero attached hydrogens (tertiary/aromatic N) is 1. The number of aliphatic hydroxyl groups is 1. The van der Waals surface area contributed by atoms with E-state index in [9.17, 15) is 28.9 Å². The molecule has 0 radical (unpaired) electrons. The van der Waals surface area contributed by atoms with Crippen LogP contribution in [0.25, 0.3) is 0 Å². The first-order chi connectivity index (χ1) is 27.8. The van der Waals surface area contributed by atoms with Crippen molar-refractivity contribution in [2.24, 2.45) is 11.8 Å². The smallest absolute Gasteiger partial charge is 0.462 e. The highest BCUT2D eigenvalue weighted by molar-refractivity contribution is 7.47. The van der Waals surface area contributed by atoms with Crippen molar-refractivity contribution in [1.82, 2.24) is 0 Å². The lowest BCUT2D eigenvalue weighted by Crippen LogP contribution is -2.37. The lowest BCUT2D eigenvalue weighted by atomic mass is 9.90. The molecule has 0 aliphatic heterocycles. The number of quaternary nitrogens is 1. The van der Waals surface area contributed by atoms with Crippen molar-refractivity contribution in [1.29, 1.82) is 0 Å². The molecule has 1 unspecified atom stereocenters. The molecule has 1 rings (SSSR count). The molecule has 0 aromatic heterocycles. The number of ketones is 1. The van der Waals surface area contributed by atoms with Gasteiger partial charge in [0.15, 0.2) is 11.9 Å². The summed E-state index contributed by atoms with van der Waals surface area (Å²) >= 11 is 0. The van der Waals surface area contributed by atoms with Gasteiger partial charge in [0, 0.05) is 18.8 Å². The van der Waals surface area contributed by atoms with E-state index in [1.54, 1.807) is 12.2 Å². The fourth-order valence-corrected chi connectivity index (χ4v) is 7.15. The van der Waals surface area contributed by atoms with E-state index < -0.39 is 38.6 Å². The number of unbranched alkanes of at least 4 members (excludes halogenated alkanes) is 14. The Morgan fingerprint density at radius 2 is 1.36 bits per heavy atom. The van der Waals surface area contributed by atoms with Gasteiger partial charge in [0.05, 0.1) is 33.9 Å². The minimum Gasteiger partial charge on any atom is -0.462 e. The maximum Gasteiger partial charge on any atom is 0.472 e. The number of allylic oxidation sites excluding steroid dienone is 7. The molecule has 0 aromatic carbocycles. The average molecular weight is 839 g/mol. The van der Waals surface area contributed by atoms with Crippen LogP contribution in [0.4, 0.5) is 0 Å². The van der Waals surface area contributed by atoms with Crippen molar-refractivity contribution in [2.45, 2.75) is 167 Å². The van der Waals surface area contributed by atoms with Crippen LogP contribution in [0.5, 0.6) is 0 Å². The van der Waals surface area contributed by atoms with E-state index >= 15 is 0 Å². The number of phosphoric acid groups is 1. The van der Waals surface area contributed by atoms with Crippen molar-refractivity contribution in [3.05, 3.63) is 48.6 Å². The van der Waals surface area contributed by atoms with Crippen LogP contribution >= 0.6 is 7.82 Å². The SMILES string of the molecule is CCCCCC/C=C\CCCCCCCCCC(=O)OC[C@H](COP(=O)(O)OCC[N+](C)(C)C)OC(=O)CCC/C=C\C[C@H]1C=CC(=O)[C@@H]1/C=C/[C@@H](O)CCCCC. The van der Waals surface area contributed by atoms with Crippen LogP contribution in [0.15, 0.2) is 48.6 Å². The summed E-state index contributed by atoms with van der Waals surface area (Å²) < 4.78 is 34.3. The van der Waals surface area contributed by atoms with Crippen LogP contribution in [0, 0.1) is 11.8 Å². The van der Waals surface area contributed by atoms with Crippen molar-refractivity contribution < 1.29 is 52.0 Å². The second-order valence-corrected chi connectivity index (χ2v) is 18.2. The maximum atomic E-state index is 12.8. The Bertz CT molecular complexity index is 1270. The highest BCUT2D eigenvalue weighted by atomic mass is 31.2. The van der Waals surface area contributed by atoms with Gasteiger partial charge in [0.2, 0.25) is 0 Å². The van der Waals surface area contributed by atoms with Crippen LogP contribution < -0.4 is 0 Å². The van der Waals surface area contributed by atoms with E-state index in [4.69, 9.17) is 18.5 Å². The summed E-state index contributed by atoms with van der Waals surface area (Å²) in [4.78, 5) is 47.9. The predicted octanol–water partition coefficient (Wildman–Crippen LogP) is 10.3. The Hall–Kier alpha value is -2.40. The number of likely N-dealkylation sites (N-methyl/N-ethyl adjacent to an activating group) is 1. The molecule has 1 aliphatic carbocycles. The zero-order valence-electron chi connectivity index (χ0n) is 36.9. The largest absolute Gasteiger partial charge is 0.472 e. The molecule has 12 heteroatoms. The molecule has 11 nitrogen and oxygen atoms in total. The maximum absolute atomic E-state index is 12.8. The van der Waals surface area contributed by atoms with Crippen LogP contribution in [0.3, 0.4) is 0 Å². The first-order valence-electron chi connectivity index (χ1n) is 22.4. The lowest BCUT2D eigenvalue weighted by Gasteiger charge is -2.24. The van der Waals surface area contributed by atoms with E-state index in [2.05, 4.69) is 26.0 Å². The monoisotopic (exact) mass is 839 g/mol. The molecule has 0 fully saturated rings. The van der Waals surface area contributed by atoms with Gasteiger partial charge in [-0.1, -0.05) is 127 Å². The average Bonchev–Trinajstić information content (AvgIpc) is 3.52. The zero-order chi connectivity index (χ0) is 42.9. The number of hydrogen-bond acceptors (Lipinski definition) is 9. The topological polar surface area (TPSA) is 146 Å². The number of hydrogen-bond donors (Lipinski definition) is 2. The van der Waals surface area contributed by atoms with Gasteiger partial charge in [0.1, 0.15) is 19.8 Å². The molecule has 0 saturated carbocycles. The Morgan fingerprint density at radius 1 is 0.776 bits per heavy atom. The standard InChI is InChI=1S/C46H80NO10P/c1-6-8-10-11-12-13-14-15-16-17-18-19-20-21-26-30-45(50)54-38-42(39-56-58(52,53)55-37-36-47(3,4)5)57-46(51)31-27-23-22-25-28-40-32-35-44(49)43(40)34-33-41(48)29-24-9-7-2/h13-14,22,25,32-35,40-43,48H,6-12,15-21,23-24,26-31,36-39H2,1-5H3/p+1/b14-13-,25-22-,34-33+/t40-,41-,42+,43+/m0/s1. The number of aliphatic hydroxyl groups excluding tert-OH is 1. The highest BCUT2D eigenvalue weighted by Gasteiger charge is 2.28. The van der Waals surface area contributed by atoms with E-state index in [0.717, 1.165) is 44.9 Å². The molecule has 334 valence electrons. The van der Waals surface area contributed by atoms with E-state index in [1.165, 1.54) is 51.4 Å². The first-order valence-corrected chi connectivity index (χ1v) is 23.9. The molecule has 0 aromatic rings. The third kappa shape index (κ3) is 30.6. The van der Waals surface area contributed by atoms with Crippen LogP contribution in [-0.2, 0) is 37.5 Å². The van der Waals surface area contributed by atoms with Gasteiger partial charge in [-0.3, -0.25) is 23.4 Å². The molecule has 58 heavy (non-hydrogen) atoms. The summed E-state index contributed by atoms with van der Waals surface area (Å²) in [5.74, 6) is -1.18. The van der Waals surface area contributed by atoms with Gasteiger partial charge < -0.3 is 24.0 Å². The Labute approximate surface area is 351 Å². The number of carbonyl (C=O) groups is 3. The number of carbonyl (C=O) groups excluding carboxylic acids is 3. The fourth-order valence-electron chi connectivity index (χ4n) is 6.41. The van der Waals surface area contributed by atoms with Crippen molar-refractivity contribution >= 4 is 25.5 Å². The van der Waals surface area contributed by atoms with E-state index in [0.29, 0.717) is 43.1 Å². The minimum absolute atomic E-state index is 0.00617. The highest BCUT2D eigenvalue weighted by Crippen LogP contribution is 2.43. The number of ether oxygens (including phenoxy) is 2. The minimum atomic E-state index is -4.43. The molecule has 0 bridgehead atoms. The fraction of sp³-hybridized carbons (Fsp3) is 0.761. The summed E-state index contributed by atoms with van der Waals surface area (Å²) in [7, 11) is 1.35. The molecule has 0 spiro atoms. The molecular formula is C46H81NO10P+. The van der Waals surface area contributed by atoms with Crippen LogP contribution in [0.1, 0.15) is 155 Å². The van der Waals surface area contributed by atoms with Crippen LogP contribution in [-0.4, -0.2) is 91.9 Å². The molecule has 0 heterocycles. The third-order valence-electron chi connectivity index (χ3n) is 10.1. The lowest BCUT2D eigenvalue weighted by molar-refractivity contribution is -0.870. The van der Waals surface area contributed by atoms with Crippen molar-refractivity contribution in [2.75, 3.05) is 47.5 Å². The molecule has 0 amide bonds. The van der Waals surface area contributed by atoms with Crippen molar-refractivity contribution in [3.63, 3.8) is 0 Å². The number of rotatable bonds is 37. The second kappa shape index (κ2) is 33.3. The van der Waals surface area contributed by atoms with Crippen molar-refractivity contribution in [3.8, 4) is 0 Å². The van der Waals surface area contributed by atoms with Gasteiger partial charge >= 0.3 is 19.8 Å². The van der Waals surface area contributed by atoms with Gasteiger partial charge in [-0.05, 0) is 69.8 Å². The van der Waals surface area contributed by atoms with E-state index in [1.807, 2.05) is 45.4 Å². The summed E-state index contributed by atoms with van der Waals surface area (Å²) in [6.07, 6.45) is 35.0. The predicted molar refractivity (Wildman–Crippen MR) is 233 cm³/mol. The molecule has 5 atom stereocenters. The molecule has 1 aliphatic rings. The molecule has 0 saturated heterocycles. The van der Waals surface area contributed by atoms with Gasteiger partial charge in [-0.2, -0.15) is 0 Å². The summed E-state index contributed by atoms with van der Waals surface area (Å²) in [5.41, 5.74) is 0. The van der Waals surface area contributed by atoms with Gasteiger partial charge in [-0.25, -0.2) is 4.57 Å². The Morgan fingerprint density at radius 3 is 2.03 bits per heavy atom. The first kappa shape index (κ1) is 53.6. The van der Waals surface area contributed by atoms with Gasteiger partial charge in [-0.15, -0.1) is 0 Å². The zero-order valence-corrected chi connectivity index (χ0v) is 37.8. The normalized spacial score (nSPS) is 18.1. The molecule has 2 N–H and O–H groups in total. The second-order valence-electron chi connectivity index (χ2n) is 16.7. The Balaban J connectivity index is 2.47.